The van der Waals surface area contributed by atoms with Crippen LogP contribution in [0.25, 0.3) is 0 Å². The second-order valence-corrected chi connectivity index (χ2v) is 7.60. The number of alkyl halides is 3. The average Bonchev–Trinajstić information content (AvgIpc) is 3.28. The molecule has 0 heterocycles. The third-order valence-corrected chi connectivity index (χ3v) is 5.94. The Bertz CT molecular complexity index is 809. The van der Waals surface area contributed by atoms with Crippen LogP contribution in [0.15, 0.2) is 22.0 Å². The summed E-state index contributed by atoms with van der Waals surface area (Å²) in [5, 5.41) is -0.803. The van der Waals surface area contributed by atoms with Crippen LogP contribution in [-0.4, -0.2) is 25.5 Å². The van der Waals surface area contributed by atoms with Crippen LogP contribution in [-0.2, 0) is 22.4 Å². The summed E-state index contributed by atoms with van der Waals surface area (Å²) in [5.41, 5.74) is 8.05. The number of hydrogen-bond acceptors (Lipinski definition) is 3. The molecule has 0 aromatic heterocycles. The van der Waals surface area contributed by atoms with Crippen LogP contribution in [0.5, 0.6) is 0 Å². The first kappa shape index (κ1) is 18.2. The Morgan fingerprint density at radius 3 is 2.29 bits per heavy atom. The van der Waals surface area contributed by atoms with Gasteiger partial charge in [-0.05, 0) is 37.0 Å². The number of nitrogens with zero attached hydrogens (tertiary/aromatic N) is 1. The molecule has 0 saturated heterocycles. The van der Waals surface area contributed by atoms with Gasteiger partial charge in [-0.25, -0.2) is 8.42 Å². The van der Waals surface area contributed by atoms with E-state index in [-0.39, 0.29) is 12.0 Å². The maximum absolute atomic E-state index is 13.6. The predicted octanol–water partition coefficient (Wildman–Crippen LogP) is 1.62. The summed E-state index contributed by atoms with van der Waals surface area (Å²) >= 11 is 0. The molecule has 4 N–H and O–H groups in total. The van der Waals surface area contributed by atoms with Crippen molar-refractivity contribution in [1.82, 2.24) is 0 Å². The molecule has 0 spiro atoms. The molecule has 1 aromatic rings. The van der Waals surface area contributed by atoms with Crippen LogP contribution in [0, 0.1) is 0 Å². The van der Waals surface area contributed by atoms with E-state index < -0.39 is 49.2 Å². The largest absolute Gasteiger partial charge is 0.417 e. The molecule has 1 aromatic carbocycles. The van der Waals surface area contributed by atoms with E-state index in [1.807, 2.05) is 0 Å². The van der Waals surface area contributed by atoms with Crippen molar-refractivity contribution in [1.29, 1.82) is 0 Å². The van der Waals surface area contributed by atoms with Crippen molar-refractivity contribution < 1.29 is 26.4 Å². The van der Waals surface area contributed by atoms with Crippen LogP contribution < -0.4 is 11.5 Å². The van der Waals surface area contributed by atoms with E-state index in [1.165, 1.54) is 6.92 Å². The molecular weight excluding hydrogens is 347 g/mol. The van der Waals surface area contributed by atoms with Gasteiger partial charge in [0, 0.05) is 5.56 Å². The first-order valence-corrected chi connectivity index (χ1v) is 8.65. The Balaban J connectivity index is 2.77. The first-order valence-electron chi connectivity index (χ1n) is 7.11. The number of sulfone groups is 1. The average molecular weight is 363 g/mol. The lowest BCUT2D eigenvalue weighted by Gasteiger charge is -2.19. The lowest BCUT2D eigenvalue weighted by atomic mass is 9.97. The normalized spacial score (nSPS) is 15.2. The zero-order chi connectivity index (χ0) is 18.3. The number of halogens is 3. The van der Waals surface area contributed by atoms with Gasteiger partial charge in [0.15, 0.2) is 15.8 Å². The van der Waals surface area contributed by atoms with Gasteiger partial charge >= 0.3 is 6.18 Å². The molecule has 6 nitrogen and oxygen atoms in total. The van der Waals surface area contributed by atoms with Crippen molar-refractivity contribution in [3.8, 4) is 0 Å². The minimum atomic E-state index is -4.93. The first-order chi connectivity index (χ1) is 11.0. The molecule has 1 aliphatic carbocycles. The van der Waals surface area contributed by atoms with Gasteiger partial charge in [-0.15, -0.1) is 0 Å². The zero-order valence-corrected chi connectivity index (χ0v) is 13.5. The summed E-state index contributed by atoms with van der Waals surface area (Å²) in [6, 6.07) is 1.84. The molecular formula is C14H16F3N3O3S. The number of benzene rings is 1. The number of amides is 1. The van der Waals surface area contributed by atoms with Crippen LogP contribution in [0.2, 0.25) is 0 Å². The van der Waals surface area contributed by atoms with Gasteiger partial charge in [-0.2, -0.15) is 18.2 Å². The quantitative estimate of drug-likeness (QED) is 0.623. The summed E-state index contributed by atoms with van der Waals surface area (Å²) in [5.74, 6) is -1.64. The monoisotopic (exact) mass is 363 g/mol. The van der Waals surface area contributed by atoms with E-state index in [1.54, 1.807) is 0 Å². The third kappa shape index (κ3) is 3.37. The minimum absolute atomic E-state index is 0.204. The highest BCUT2D eigenvalue weighted by Gasteiger charge is 2.45. The molecule has 0 radical (unpaired) electrons. The fraction of sp³-hybridized carbons (Fsp3) is 0.429. The van der Waals surface area contributed by atoms with E-state index in [0.29, 0.717) is 12.8 Å². The van der Waals surface area contributed by atoms with Crippen molar-refractivity contribution in [2.45, 2.75) is 42.5 Å². The zero-order valence-electron chi connectivity index (χ0n) is 12.7. The van der Waals surface area contributed by atoms with Crippen molar-refractivity contribution >= 4 is 21.7 Å². The maximum atomic E-state index is 13.6. The SMILES string of the molecule is CCc1c(C(=O)N=C(N)N)ccc(S(=O)(=O)C2CC2)c1C(F)(F)F. The van der Waals surface area contributed by atoms with Crippen LogP contribution in [0.1, 0.15) is 41.3 Å². The topological polar surface area (TPSA) is 116 Å². The lowest BCUT2D eigenvalue weighted by molar-refractivity contribution is -0.140. The molecule has 24 heavy (non-hydrogen) atoms. The minimum Gasteiger partial charge on any atom is -0.370 e. The van der Waals surface area contributed by atoms with Gasteiger partial charge in [-0.1, -0.05) is 6.92 Å². The van der Waals surface area contributed by atoms with Crippen LogP contribution in [0.3, 0.4) is 0 Å². The van der Waals surface area contributed by atoms with Crippen molar-refractivity contribution in [2.75, 3.05) is 0 Å². The van der Waals surface area contributed by atoms with Crippen molar-refractivity contribution in [2.24, 2.45) is 16.5 Å². The highest BCUT2D eigenvalue weighted by molar-refractivity contribution is 7.92. The van der Waals surface area contributed by atoms with Gasteiger partial charge in [0.2, 0.25) is 0 Å². The second-order valence-electron chi connectivity index (χ2n) is 5.40. The molecule has 1 aliphatic rings. The second kappa shape index (κ2) is 6.08. The fourth-order valence-electron chi connectivity index (χ4n) is 2.48. The highest BCUT2D eigenvalue weighted by Crippen LogP contribution is 2.43. The van der Waals surface area contributed by atoms with E-state index in [4.69, 9.17) is 11.5 Å². The maximum Gasteiger partial charge on any atom is 0.417 e. The molecule has 0 unspecified atom stereocenters. The molecule has 0 aliphatic heterocycles. The number of aliphatic imine (C=N–C) groups is 1. The number of nitrogens with two attached hydrogens (primary N) is 2. The number of carbonyl (C=O) groups excluding carboxylic acids is 1. The summed E-state index contributed by atoms with van der Waals surface area (Å²) in [7, 11) is -4.09. The molecule has 1 saturated carbocycles. The van der Waals surface area contributed by atoms with E-state index in [2.05, 4.69) is 4.99 Å². The lowest BCUT2D eigenvalue weighted by Crippen LogP contribution is -2.25. The van der Waals surface area contributed by atoms with Gasteiger partial charge in [0.1, 0.15) is 0 Å². The Morgan fingerprint density at radius 1 is 1.29 bits per heavy atom. The highest BCUT2D eigenvalue weighted by atomic mass is 32.2. The molecule has 132 valence electrons. The van der Waals surface area contributed by atoms with Crippen molar-refractivity contribution in [3.05, 3.63) is 28.8 Å². The smallest absolute Gasteiger partial charge is 0.370 e. The van der Waals surface area contributed by atoms with Gasteiger partial charge in [-0.3, -0.25) is 4.79 Å². The number of guanidine groups is 1. The van der Waals surface area contributed by atoms with Gasteiger partial charge in [0.05, 0.1) is 15.7 Å². The fourth-order valence-corrected chi connectivity index (χ4v) is 4.37. The van der Waals surface area contributed by atoms with Gasteiger partial charge in [0.25, 0.3) is 5.91 Å². The van der Waals surface area contributed by atoms with Gasteiger partial charge < -0.3 is 11.5 Å². The molecule has 0 bridgehead atoms. The van der Waals surface area contributed by atoms with Crippen LogP contribution >= 0.6 is 0 Å². The number of carbonyl (C=O) groups is 1. The Hall–Kier alpha value is -2.10. The summed E-state index contributed by atoms with van der Waals surface area (Å²) in [6.07, 6.45) is -4.48. The van der Waals surface area contributed by atoms with E-state index in [0.717, 1.165) is 12.1 Å². The summed E-state index contributed by atoms with van der Waals surface area (Å²) in [4.78, 5) is 14.4. The van der Waals surface area contributed by atoms with Crippen LogP contribution in [0.4, 0.5) is 13.2 Å². The predicted molar refractivity (Wildman–Crippen MR) is 81.2 cm³/mol. The molecule has 1 amide bonds. The Kier molecular flexibility index (Phi) is 4.62. The number of rotatable bonds is 4. The Morgan fingerprint density at radius 2 is 1.88 bits per heavy atom. The van der Waals surface area contributed by atoms with Crippen molar-refractivity contribution in [3.63, 3.8) is 0 Å². The molecule has 1 fully saturated rings. The number of hydrogen-bond donors (Lipinski definition) is 2. The Labute approximate surface area is 136 Å². The van der Waals surface area contributed by atoms with E-state index in [9.17, 15) is 26.4 Å². The molecule has 2 rings (SSSR count). The standard InChI is InChI=1S/C14H16F3N3O3S/c1-2-8-9(12(21)20-13(18)19)5-6-10(11(8)14(15,16)17)24(22,23)7-3-4-7/h5-7H,2-4H2,1H3,(H4,18,19,20,21). The summed E-state index contributed by atoms with van der Waals surface area (Å²) < 4.78 is 65.3. The third-order valence-electron chi connectivity index (χ3n) is 3.64. The summed E-state index contributed by atoms with van der Waals surface area (Å²) in [6.45, 7) is 1.39. The van der Waals surface area contributed by atoms with E-state index >= 15 is 0 Å². The molecule has 10 heteroatoms. The molecule has 0 atom stereocenters.